The largest absolute Gasteiger partial charge is 0.573 e. The number of hydrogen-bond acceptors (Lipinski definition) is 3. The van der Waals surface area contributed by atoms with Crippen LogP contribution < -0.4 is 4.74 Å². The van der Waals surface area contributed by atoms with E-state index in [9.17, 15) is 13.2 Å². The van der Waals surface area contributed by atoms with Crippen LogP contribution in [0.15, 0.2) is 60.7 Å². The second-order valence-corrected chi connectivity index (χ2v) is 8.04. The zero-order valence-corrected chi connectivity index (χ0v) is 17.1. The number of fused-ring (bicyclic) bond motifs is 1. The van der Waals surface area contributed by atoms with Gasteiger partial charge in [-0.05, 0) is 60.4 Å². The van der Waals surface area contributed by atoms with Crippen molar-refractivity contribution in [2.45, 2.75) is 20.2 Å². The highest BCUT2D eigenvalue weighted by atomic mass is 32.1. The first-order valence-corrected chi connectivity index (χ1v) is 10.1. The number of thiazole rings is 1. The maximum Gasteiger partial charge on any atom is 0.573 e. The molecule has 0 saturated carbocycles. The lowest BCUT2D eigenvalue weighted by Crippen LogP contribution is -2.17. The first kappa shape index (κ1) is 20.2. The zero-order valence-electron chi connectivity index (χ0n) is 16.3. The van der Waals surface area contributed by atoms with Gasteiger partial charge in [-0.3, -0.25) is 0 Å². The van der Waals surface area contributed by atoms with Gasteiger partial charge in [-0.2, -0.15) is 0 Å². The normalized spacial score (nSPS) is 12.0. The number of rotatable bonds is 4. The molecule has 0 N–H and O–H groups in total. The number of aryl methyl sites for hydroxylation is 2. The van der Waals surface area contributed by atoms with Crippen LogP contribution >= 0.6 is 11.3 Å². The summed E-state index contributed by atoms with van der Waals surface area (Å²) in [5.74, 6) is -0.228. The Kier molecular flexibility index (Phi) is 5.35. The quantitative estimate of drug-likeness (QED) is 0.313. The average molecular weight is 425 g/mol. The van der Waals surface area contributed by atoms with Crippen LogP contribution in [0.25, 0.3) is 32.9 Å². The van der Waals surface area contributed by atoms with Gasteiger partial charge in [0.15, 0.2) is 0 Å². The van der Waals surface area contributed by atoms with Crippen molar-refractivity contribution in [1.29, 1.82) is 0 Å². The molecule has 0 radical (unpaired) electrons. The van der Waals surface area contributed by atoms with Crippen LogP contribution in [0.2, 0.25) is 0 Å². The molecule has 0 spiro atoms. The molecule has 0 aliphatic carbocycles. The number of ether oxygens (including phenoxy) is 1. The maximum absolute atomic E-state index is 12.4. The Labute approximate surface area is 176 Å². The molecule has 152 valence electrons. The van der Waals surface area contributed by atoms with Crippen LogP contribution in [0.1, 0.15) is 22.3 Å². The highest BCUT2D eigenvalue weighted by Gasteiger charge is 2.31. The van der Waals surface area contributed by atoms with E-state index in [1.807, 2.05) is 43.3 Å². The number of aromatic nitrogens is 1. The molecule has 0 aliphatic heterocycles. The van der Waals surface area contributed by atoms with Gasteiger partial charge in [0.05, 0.1) is 10.2 Å². The molecule has 4 aromatic rings. The highest BCUT2D eigenvalue weighted by Crippen LogP contribution is 2.31. The molecule has 0 fully saturated rings. The van der Waals surface area contributed by atoms with E-state index >= 15 is 0 Å². The molecule has 0 atom stereocenters. The molecular formula is C24H18F3NOS. The summed E-state index contributed by atoms with van der Waals surface area (Å²) >= 11 is 1.65. The summed E-state index contributed by atoms with van der Waals surface area (Å²) in [6, 6.07) is 18.5. The number of nitrogens with zero attached hydrogens (tertiary/aromatic N) is 1. The van der Waals surface area contributed by atoms with Crippen molar-refractivity contribution in [2.24, 2.45) is 0 Å². The molecule has 0 bridgehead atoms. The van der Waals surface area contributed by atoms with E-state index in [-0.39, 0.29) is 5.75 Å². The van der Waals surface area contributed by atoms with Gasteiger partial charge in [-0.25, -0.2) is 4.98 Å². The van der Waals surface area contributed by atoms with E-state index in [2.05, 4.69) is 23.8 Å². The van der Waals surface area contributed by atoms with E-state index in [1.54, 1.807) is 23.5 Å². The summed E-state index contributed by atoms with van der Waals surface area (Å²) in [5, 5.41) is 0.957. The molecule has 30 heavy (non-hydrogen) atoms. The molecule has 2 nitrogen and oxygen atoms in total. The SMILES string of the molecule is Cc1ccc2nc(-c3ccc(/C=C/c4cc(OC(F)(F)F)ccc4C)cc3)sc2c1. The maximum atomic E-state index is 12.4. The van der Waals surface area contributed by atoms with Crippen molar-refractivity contribution in [1.82, 2.24) is 4.98 Å². The molecule has 0 saturated heterocycles. The van der Waals surface area contributed by atoms with Gasteiger partial charge in [0.25, 0.3) is 0 Å². The van der Waals surface area contributed by atoms with E-state index in [4.69, 9.17) is 4.98 Å². The lowest BCUT2D eigenvalue weighted by molar-refractivity contribution is -0.274. The average Bonchev–Trinajstić information content (AvgIpc) is 3.11. The Hall–Kier alpha value is -3.12. The van der Waals surface area contributed by atoms with E-state index in [0.29, 0.717) is 5.56 Å². The van der Waals surface area contributed by atoms with Crippen LogP contribution in [-0.4, -0.2) is 11.3 Å². The summed E-state index contributed by atoms with van der Waals surface area (Å²) in [7, 11) is 0. The van der Waals surface area contributed by atoms with Gasteiger partial charge in [0, 0.05) is 5.56 Å². The van der Waals surface area contributed by atoms with Crippen molar-refractivity contribution in [3.63, 3.8) is 0 Å². The minimum atomic E-state index is -4.70. The van der Waals surface area contributed by atoms with Crippen LogP contribution in [-0.2, 0) is 0 Å². The first-order valence-electron chi connectivity index (χ1n) is 9.29. The molecule has 1 aromatic heterocycles. The third kappa shape index (κ3) is 4.71. The zero-order chi connectivity index (χ0) is 21.3. The summed E-state index contributed by atoms with van der Waals surface area (Å²) in [6.45, 7) is 3.90. The second-order valence-electron chi connectivity index (χ2n) is 7.01. The number of benzene rings is 3. The van der Waals surface area contributed by atoms with Crippen molar-refractivity contribution in [3.05, 3.63) is 82.9 Å². The van der Waals surface area contributed by atoms with Crippen molar-refractivity contribution in [2.75, 3.05) is 0 Å². The Balaban J connectivity index is 1.54. The molecule has 0 unspecified atom stereocenters. The lowest BCUT2D eigenvalue weighted by Gasteiger charge is -2.10. The minimum absolute atomic E-state index is 0.228. The third-order valence-corrected chi connectivity index (χ3v) is 5.71. The summed E-state index contributed by atoms with van der Waals surface area (Å²) in [4.78, 5) is 4.69. The Morgan fingerprint density at radius 3 is 2.40 bits per heavy atom. The molecule has 3 aromatic carbocycles. The minimum Gasteiger partial charge on any atom is -0.406 e. The fourth-order valence-electron chi connectivity index (χ4n) is 3.07. The van der Waals surface area contributed by atoms with E-state index in [0.717, 1.165) is 31.9 Å². The molecule has 4 rings (SSSR count). The summed E-state index contributed by atoms with van der Waals surface area (Å²) < 4.78 is 42.5. The fraction of sp³-hybridized carbons (Fsp3) is 0.125. The predicted octanol–water partition coefficient (Wildman–Crippen LogP) is 7.65. The van der Waals surface area contributed by atoms with Gasteiger partial charge in [-0.1, -0.05) is 48.6 Å². The number of hydrogen-bond donors (Lipinski definition) is 0. The van der Waals surface area contributed by atoms with Gasteiger partial charge < -0.3 is 4.74 Å². The molecule has 0 amide bonds. The van der Waals surface area contributed by atoms with Gasteiger partial charge in [0.1, 0.15) is 10.8 Å². The van der Waals surface area contributed by atoms with Crippen LogP contribution in [0.3, 0.4) is 0 Å². The molecular weight excluding hydrogens is 407 g/mol. The summed E-state index contributed by atoms with van der Waals surface area (Å²) in [5.41, 5.74) is 5.70. The van der Waals surface area contributed by atoms with Gasteiger partial charge >= 0.3 is 6.36 Å². The summed E-state index contributed by atoms with van der Waals surface area (Å²) in [6.07, 6.45) is -1.05. The number of halogens is 3. The molecule has 1 heterocycles. The van der Waals surface area contributed by atoms with Crippen molar-refractivity contribution in [3.8, 4) is 16.3 Å². The predicted molar refractivity (Wildman–Crippen MR) is 117 cm³/mol. The monoisotopic (exact) mass is 425 g/mol. The van der Waals surface area contributed by atoms with E-state index < -0.39 is 6.36 Å². The fourth-order valence-corrected chi connectivity index (χ4v) is 4.14. The number of alkyl halides is 3. The van der Waals surface area contributed by atoms with Crippen molar-refractivity contribution < 1.29 is 17.9 Å². The van der Waals surface area contributed by atoms with E-state index in [1.165, 1.54) is 17.7 Å². The highest BCUT2D eigenvalue weighted by molar-refractivity contribution is 7.21. The first-order chi connectivity index (χ1) is 14.3. The van der Waals surface area contributed by atoms with Crippen molar-refractivity contribution >= 4 is 33.7 Å². The van der Waals surface area contributed by atoms with Crippen LogP contribution in [0.4, 0.5) is 13.2 Å². The standard InChI is InChI=1S/C24H18F3NOS/c1-15-3-12-21-22(13-15)30-23(28-21)18-8-5-17(6-9-18)7-10-19-14-20(11-4-16(19)2)29-24(25,26)27/h3-14H,1-2H3/b10-7+. The Morgan fingerprint density at radius 2 is 1.67 bits per heavy atom. The van der Waals surface area contributed by atoms with Crippen LogP contribution in [0.5, 0.6) is 5.75 Å². The van der Waals surface area contributed by atoms with Crippen LogP contribution in [0, 0.1) is 13.8 Å². The molecule has 0 aliphatic rings. The lowest BCUT2D eigenvalue weighted by atomic mass is 10.1. The van der Waals surface area contributed by atoms with Gasteiger partial charge in [0.2, 0.25) is 0 Å². The Bertz CT molecular complexity index is 1220. The second kappa shape index (κ2) is 7.95. The third-order valence-electron chi connectivity index (χ3n) is 4.64. The Morgan fingerprint density at radius 1 is 0.900 bits per heavy atom. The van der Waals surface area contributed by atoms with Gasteiger partial charge in [-0.15, -0.1) is 24.5 Å². The molecule has 6 heteroatoms. The topological polar surface area (TPSA) is 22.1 Å². The smallest absolute Gasteiger partial charge is 0.406 e.